The van der Waals surface area contributed by atoms with Gasteiger partial charge >= 0.3 is 0 Å². The van der Waals surface area contributed by atoms with Gasteiger partial charge in [-0.25, -0.2) is 0 Å². The summed E-state index contributed by atoms with van der Waals surface area (Å²) in [7, 11) is 1.89. The minimum atomic E-state index is 0.788. The lowest BCUT2D eigenvalue weighted by molar-refractivity contribution is 1.37. The fourth-order valence-electron chi connectivity index (χ4n) is 1.02. The average molecular weight is 202 g/mol. The van der Waals surface area contributed by atoms with Crippen LogP contribution in [0.5, 0.6) is 0 Å². The predicted octanol–water partition coefficient (Wildman–Crippen LogP) is 3.49. The topological polar surface area (TPSA) is 12.0 Å². The van der Waals surface area contributed by atoms with Gasteiger partial charge in [-0.3, -0.25) is 0 Å². The van der Waals surface area contributed by atoms with Gasteiger partial charge in [-0.1, -0.05) is 24.6 Å². The standard InChI is InChI=1S/C9H12ClNS/c1-3-12-8-6-4-5-7(10)9(8)11-2/h4-6,11H,3H2,1-2H3. The molecule has 1 aromatic rings. The molecule has 1 nitrogen and oxygen atoms in total. The summed E-state index contributed by atoms with van der Waals surface area (Å²) in [6.45, 7) is 2.13. The number of nitrogens with one attached hydrogen (secondary N) is 1. The number of para-hydroxylation sites is 1. The highest BCUT2D eigenvalue weighted by Gasteiger charge is 2.03. The van der Waals surface area contributed by atoms with Gasteiger partial charge in [0.25, 0.3) is 0 Å². The van der Waals surface area contributed by atoms with E-state index in [9.17, 15) is 0 Å². The third kappa shape index (κ3) is 2.08. The number of halogens is 1. The summed E-state index contributed by atoms with van der Waals surface area (Å²) < 4.78 is 0. The first-order chi connectivity index (χ1) is 5.79. The van der Waals surface area contributed by atoms with Gasteiger partial charge in [-0.05, 0) is 17.9 Å². The van der Waals surface area contributed by atoms with Crippen molar-refractivity contribution in [3.05, 3.63) is 23.2 Å². The Morgan fingerprint density at radius 3 is 2.83 bits per heavy atom. The quantitative estimate of drug-likeness (QED) is 0.752. The number of rotatable bonds is 3. The monoisotopic (exact) mass is 201 g/mol. The molecule has 0 unspecified atom stereocenters. The summed E-state index contributed by atoms with van der Waals surface area (Å²) in [6, 6.07) is 5.94. The minimum Gasteiger partial charge on any atom is -0.386 e. The molecule has 0 aliphatic heterocycles. The summed E-state index contributed by atoms with van der Waals surface area (Å²) in [5, 5.41) is 3.88. The van der Waals surface area contributed by atoms with E-state index in [1.165, 1.54) is 4.90 Å². The SMILES string of the molecule is CCSc1cccc(Cl)c1NC. The van der Waals surface area contributed by atoms with Crippen molar-refractivity contribution in [1.29, 1.82) is 0 Å². The number of hydrogen-bond acceptors (Lipinski definition) is 2. The molecule has 0 saturated heterocycles. The van der Waals surface area contributed by atoms with E-state index in [0.717, 1.165) is 16.5 Å². The van der Waals surface area contributed by atoms with Crippen LogP contribution in [0.25, 0.3) is 0 Å². The van der Waals surface area contributed by atoms with Crippen LogP contribution in [0.2, 0.25) is 5.02 Å². The van der Waals surface area contributed by atoms with Crippen molar-refractivity contribution >= 4 is 29.1 Å². The Bertz CT molecular complexity index is 263. The van der Waals surface area contributed by atoms with Gasteiger partial charge in [0.05, 0.1) is 10.7 Å². The second-order valence-corrected chi connectivity index (χ2v) is 4.01. The first-order valence-electron chi connectivity index (χ1n) is 3.88. The van der Waals surface area contributed by atoms with E-state index in [-0.39, 0.29) is 0 Å². The van der Waals surface area contributed by atoms with E-state index in [4.69, 9.17) is 11.6 Å². The lowest BCUT2D eigenvalue weighted by atomic mass is 10.3. The Morgan fingerprint density at radius 2 is 2.25 bits per heavy atom. The molecule has 0 radical (unpaired) electrons. The highest BCUT2D eigenvalue weighted by molar-refractivity contribution is 7.99. The molecule has 0 saturated carbocycles. The summed E-state index contributed by atoms with van der Waals surface area (Å²) in [4.78, 5) is 1.22. The Labute approximate surface area is 82.5 Å². The molecular formula is C9H12ClNS. The Kier molecular flexibility index (Phi) is 3.76. The van der Waals surface area contributed by atoms with Crippen LogP contribution < -0.4 is 5.32 Å². The van der Waals surface area contributed by atoms with Crippen LogP contribution in [-0.4, -0.2) is 12.8 Å². The fourth-order valence-corrected chi connectivity index (χ4v) is 2.19. The largest absolute Gasteiger partial charge is 0.386 e. The fraction of sp³-hybridized carbons (Fsp3) is 0.333. The second kappa shape index (κ2) is 4.63. The van der Waals surface area contributed by atoms with Crippen molar-refractivity contribution < 1.29 is 0 Å². The molecule has 0 amide bonds. The van der Waals surface area contributed by atoms with Crippen LogP contribution in [0.4, 0.5) is 5.69 Å². The van der Waals surface area contributed by atoms with E-state index in [0.29, 0.717) is 0 Å². The molecule has 1 rings (SSSR count). The molecule has 0 bridgehead atoms. The first-order valence-corrected chi connectivity index (χ1v) is 5.25. The highest BCUT2D eigenvalue weighted by atomic mass is 35.5. The zero-order valence-electron chi connectivity index (χ0n) is 7.23. The summed E-state index contributed by atoms with van der Waals surface area (Å²) in [5.41, 5.74) is 1.03. The van der Waals surface area contributed by atoms with Crippen LogP contribution in [0, 0.1) is 0 Å². The van der Waals surface area contributed by atoms with Gasteiger partial charge in [0, 0.05) is 11.9 Å². The maximum atomic E-state index is 5.99. The van der Waals surface area contributed by atoms with E-state index in [2.05, 4.69) is 18.3 Å². The lowest BCUT2D eigenvalue weighted by Gasteiger charge is -2.08. The molecule has 3 heteroatoms. The first kappa shape index (κ1) is 9.75. The molecule has 0 spiro atoms. The van der Waals surface area contributed by atoms with E-state index in [1.54, 1.807) is 11.8 Å². The van der Waals surface area contributed by atoms with Crippen molar-refractivity contribution in [1.82, 2.24) is 0 Å². The number of benzene rings is 1. The number of thioether (sulfide) groups is 1. The maximum absolute atomic E-state index is 5.99. The van der Waals surface area contributed by atoms with Gasteiger partial charge in [-0.2, -0.15) is 0 Å². The summed E-state index contributed by atoms with van der Waals surface area (Å²) in [5.74, 6) is 1.06. The maximum Gasteiger partial charge on any atom is 0.0665 e. The third-order valence-electron chi connectivity index (χ3n) is 1.53. The van der Waals surface area contributed by atoms with Crippen LogP contribution in [-0.2, 0) is 0 Å². The predicted molar refractivity (Wildman–Crippen MR) is 57.4 cm³/mol. The molecule has 1 N–H and O–H groups in total. The van der Waals surface area contributed by atoms with Gasteiger partial charge in [0.15, 0.2) is 0 Å². The molecule has 0 aliphatic carbocycles. The smallest absolute Gasteiger partial charge is 0.0665 e. The van der Waals surface area contributed by atoms with Gasteiger partial charge in [-0.15, -0.1) is 11.8 Å². The number of anilines is 1. The molecule has 12 heavy (non-hydrogen) atoms. The van der Waals surface area contributed by atoms with Gasteiger partial charge < -0.3 is 5.32 Å². The zero-order valence-corrected chi connectivity index (χ0v) is 8.80. The summed E-state index contributed by atoms with van der Waals surface area (Å²) >= 11 is 7.78. The van der Waals surface area contributed by atoms with Crippen LogP contribution in [0.15, 0.2) is 23.1 Å². The molecule has 66 valence electrons. The molecule has 0 atom stereocenters. The Morgan fingerprint density at radius 1 is 1.50 bits per heavy atom. The number of hydrogen-bond donors (Lipinski definition) is 1. The van der Waals surface area contributed by atoms with Gasteiger partial charge in [0.1, 0.15) is 0 Å². The van der Waals surface area contributed by atoms with E-state index in [1.807, 2.05) is 19.2 Å². The van der Waals surface area contributed by atoms with Crippen LogP contribution in [0.3, 0.4) is 0 Å². The van der Waals surface area contributed by atoms with Gasteiger partial charge in [0.2, 0.25) is 0 Å². The van der Waals surface area contributed by atoms with Crippen LogP contribution in [0.1, 0.15) is 6.92 Å². The molecule has 0 aliphatic rings. The van der Waals surface area contributed by atoms with E-state index < -0.39 is 0 Å². The zero-order chi connectivity index (χ0) is 8.97. The third-order valence-corrected chi connectivity index (χ3v) is 2.78. The van der Waals surface area contributed by atoms with Crippen molar-refractivity contribution in [3.63, 3.8) is 0 Å². The molecule has 1 aromatic carbocycles. The van der Waals surface area contributed by atoms with Crippen molar-refractivity contribution in [2.45, 2.75) is 11.8 Å². The van der Waals surface area contributed by atoms with Crippen molar-refractivity contribution in [2.24, 2.45) is 0 Å². The van der Waals surface area contributed by atoms with Crippen molar-refractivity contribution in [3.8, 4) is 0 Å². The van der Waals surface area contributed by atoms with Crippen molar-refractivity contribution in [2.75, 3.05) is 18.1 Å². The average Bonchev–Trinajstić information content (AvgIpc) is 2.05. The second-order valence-electron chi connectivity index (χ2n) is 2.30. The van der Waals surface area contributed by atoms with E-state index >= 15 is 0 Å². The summed E-state index contributed by atoms with van der Waals surface area (Å²) in [6.07, 6.45) is 0. The Balaban J connectivity index is 3.00. The highest BCUT2D eigenvalue weighted by Crippen LogP contribution is 2.32. The molecule has 0 fully saturated rings. The normalized spacial score (nSPS) is 9.92. The Hall–Kier alpha value is -0.340. The van der Waals surface area contributed by atoms with Crippen LogP contribution >= 0.6 is 23.4 Å². The minimum absolute atomic E-state index is 0.788. The molecule has 0 aromatic heterocycles. The molecule has 0 heterocycles. The molecular weight excluding hydrogens is 190 g/mol. The lowest BCUT2D eigenvalue weighted by Crippen LogP contribution is -1.91.